The highest BCUT2D eigenvalue weighted by Crippen LogP contribution is 2.29. The molecule has 122 valence electrons. The third-order valence-electron chi connectivity index (χ3n) is 3.72. The molecule has 0 spiro atoms. The van der Waals surface area contributed by atoms with Gasteiger partial charge in [-0.05, 0) is 60.2 Å². The second-order valence-corrected chi connectivity index (χ2v) is 6.85. The maximum absolute atomic E-state index is 10.6. The molecule has 0 aliphatic heterocycles. The van der Waals surface area contributed by atoms with E-state index in [0.717, 1.165) is 39.8 Å². The largest absolute Gasteiger partial charge is 0.439 e. The second-order valence-electron chi connectivity index (χ2n) is 5.51. The second kappa shape index (κ2) is 7.49. The van der Waals surface area contributed by atoms with Crippen molar-refractivity contribution < 1.29 is 9.53 Å². The summed E-state index contributed by atoms with van der Waals surface area (Å²) in [6.45, 7) is 4.19. The molecule has 1 heterocycles. The molecule has 0 aliphatic carbocycles. The normalized spacial score (nSPS) is 10.8. The molecule has 4 heteroatoms. The van der Waals surface area contributed by atoms with Crippen LogP contribution in [0.2, 0.25) is 0 Å². The molecule has 3 aromatic rings. The van der Waals surface area contributed by atoms with Crippen LogP contribution in [0.4, 0.5) is 0 Å². The number of aldehydes is 1. The molecule has 24 heavy (non-hydrogen) atoms. The third kappa shape index (κ3) is 3.77. The Morgan fingerprint density at radius 2 is 2.00 bits per heavy atom. The van der Waals surface area contributed by atoms with Crippen molar-refractivity contribution in [2.24, 2.45) is 0 Å². The number of benzene rings is 2. The van der Waals surface area contributed by atoms with Crippen LogP contribution in [0.25, 0.3) is 10.9 Å². The Balaban J connectivity index is 1.85. The molecule has 2 aromatic carbocycles. The highest BCUT2D eigenvalue weighted by molar-refractivity contribution is 7.99. The number of aryl methyl sites for hydroxylation is 1. The number of carbonyl (C=O) groups excluding carboxylic acids is 1. The molecule has 0 saturated heterocycles. The Morgan fingerprint density at radius 3 is 2.75 bits per heavy atom. The first kappa shape index (κ1) is 16.5. The minimum absolute atomic E-state index is 0.426. The van der Waals surface area contributed by atoms with E-state index in [2.05, 4.69) is 24.0 Å². The van der Waals surface area contributed by atoms with Gasteiger partial charge in [-0.1, -0.05) is 13.0 Å². The lowest BCUT2D eigenvalue weighted by Gasteiger charge is -2.10. The summed E-state index contributed by atoms with van der Waals surface area (Å²) in [4.78, 5) is 16.4. The molecule has 0 saturated carbocycles. The van der Waals surface area contributed by atoms with Crippen LogP contribution >= 0.6 is 11.8 Å². The average Bonchev–Trinajstić information content (AvgIpc) is 2.58. The number of hydrogen-bond donors (Lipinski definition) is 0. The standard InChI is InChI=1S/C20H19NO2S/c1-3-24-17-6-8-19(14(2)12-17)23-20-9-5-16-13-15(10-11-22)4-7-18(16)21-20/h4-9,11-13H,3,10H2,1-2H3. The number of aromatic nitrogens is 1. The van der Waals surface area contributed by atoms with E-state index >= 15 is 0 Å². The van der Waals surface area contributed by atoms with Crippen LogP contribution in [0, 0.1) is 6.92 Å². The minimum Gasteiger partial charge on any atom is -0.439 e. The summed E-state index contributed by atoms with van der Waals surface area (Å²) in [5.41, 5.74) is 2.95. The maximum Gasteiger partial charge on any atom is 0.219 e. The number of thioether (sulfide) groups is 1. The first-order valence-corrected chi connectivity index (χ1v) is 8.93. The van der Waals surface area contributed by atoms with E-state index in [1.807, 2.05) is 55.1 Å². The summed E-state index contributed by atoms with van der Waals surface area (Å²) in [5.74, 6) is 2.45. The van der Waals surface area contributed by atoms with Gasteiger partial charge >= 0.3 is 0 Å². The smallest absolute Gasteiger partial charge is 0.219 e. The Hall–Kier alpha value is -2.33. The molecule has 0 aliphatic rings. The van der Waals surface area contributed by atoms with Crippen LogP contribution in [0.3, 0.4) is 0 Å². The van der Waals surface area contributed by atoms with Gasteiger partial charge in [-0.2, -0.15) is 0 Å². The third-order valence-corrected chi connectivity index (χ3v) is 4.59. The van der Waals surface area contributed by atoms with Gasteiger partial charge in [-0.3, -0.25) is 0 Å². The predicted molar refractivity (Wildman–Crippen MR) is 99.2 cm³/mol. The highest BCUT2D eigenvalue weighted by Gasteiger charge is 2.06. The number of pyridine rings is 1. The number of rotatable bonds is 6. The van der Waals surface area contributed by atoms with Crippen molar-refractivity contribution >= 4 is 29.0 Å². The van der Waals surface area contributed by atoms with E-state index in [4.69, 9.17) is 4.74 Å². The van der Waals surface area contributed by atoms with E-state index in [1.165, 1.54) is 4.90 Å². The van der Waals surface area contributed by atoms with E-state index in [1.54, 1.807) is 0 Å². The zero-order valence-corrected chi connectivity index (χ0v) is 14.6. The molecule has 0 atom stereocenters. The summed E-state index contributed by atoms with van der Waals surface area (Å²) in [7, 11) is 0. The molecule has 0 fully saturated rings. The minimum atomic E-state index is 0.426. The average molecular weight is 337 g/mol. The van der Waals surface area contributed by atoms with Gasteiger partial charge in [0.2, 0.25) is 5.88 Å². The lowest BCUT2D eigenvalue weighted by atomic mass is 10.1. The molecule has 0 N–H and O–H groups in total. The molecular formula is C20H19NO2S. The predicted octanol–water partition coefficient (Wildman–Crippen LogP) is 5.19. The Kier molecular flexibility index (Phi) is 5.16. The van der Waals surface area contributed by atoms with Crippen LogP contribution in [0.15, 0.2) is 53.4 Å². The van der Waals surface area contributed by atoms with Crippen LogP contribution in [-0.2, 0) is 11.2 Å². The van der Waals surface area contributed by atoms with E-state index < -0.39 is 0 Å². The fraction of sp³-hybridized carbons (Fsp3) is 0.200. The van der Waals surface area contributed by atoms with Crippen LogP contribution < -0.4 is 4.74 Å². The summed E-state index contributed by atoms with van der Waals surface area (Å²) < 4.78 is 5.95. The van der Waals surface area contributed by atoms with Gasteiger partial charge in [0.15, 0.2) is 0 Å². The van der Waals surface area contributed by atoms with Gasteiger partial charge in [0.05, 0.1) is 5.52 Å². The van der Waals surface area contributed by atoms with Gasteiger partial charge in [0, 0.05) is 22.8 Å². The first-order chi connectivity index (χ1) is 11.7. The van der Waals surface area contributed by atoms with Crippen molar-refractivity contribution in [1.82, 2.24) is 4.98 Å². The van der Waals surface area contributed by atoms with Crippen LogP contribution in [-0.4, -0.2) is 17.0 Å². The maximum atomic E-state index is 10.6. The monoisotopic (exact) mass is 337 g/mol. The summed E-state index contributed by atoms with van der Waals surface area (Å²) in [6, 6.07) is 15.9. The van der Waals surface area contributed by atoms with E-state index in [9.17, 15) is 4.79 Å². The first-order valence-electron chi connectivity index (χ1n) is 7.94. The lowest BCUT2D eigenvalue weighted by molar-refractivity contribution is -0.107. The van der Waals surface area contributed by atoms with Crippen molar-refractivity contribution in [3.8, 4) is 11.6 Å². The van der Waals surface area contributed by atoms with E-state index in [0.29, 0.717) is 12.3 Å². The molecule has 0 amide bonds. The number of carbonyl (C=O) groups is 1. The van der Waals surface area contributed by atoms with Crippen molar-refractivity contribution in [2.75, 3.05) is 5.75 Å². The quantitative estimate of drug-likeness (QED) is 0.458. The lowest BCUT2D eigenvalue weighted by Crippen LogP contribution is -1.92. The number of nitrogens with zero attached hydrogens (tertiary/aromatic N) is 1. The number of ether oxygens (including phenoxy) is 1. The Bertz CT molecular complexity index is 877. The van der Waals surface area contributed by atoms with E-state index in [-0.39, 0.29) is 0 Å². The highest BCUT2D eigenvalue weighted by atomic mass is 32.2. The molecule has 0 radical (unpaired) electrons. The molecule has 1 aromatic heterocycles. The van der Waals surface area contributed by atoms with Gasteiger partial charge in [0.1, 0.15) is 12.0 Å². The van der Waals surface area contributed by atoms with Gasteiger partial charge < -0.3 is 9.53 Å². The number of hydrogen-bond acceptors (Lipinski definition) is 4. The fourth-order valence-electron chi connectivity index (χ4n) is 2.54. The van der Waals surface area contributed by atoms with Crippen molar-refractivity contribution in [1.29, 1.82) is 0 Å². The summed E-state index contributed by atoms with van der Waals surface area (Å²) in [5, 5.41) is 1.01. The Morgan fingerprint density at radius 1 is 1.12 bits per heavy atom. The summed E-state index contributed by atoms with van der Waals surface area (Å²) in [6.07, 6.45) is 1.34. The topological polar surface area (TPSA) is 39.2 Å². The van der Waals surface area contributed by atoms with Crippen molar-refractivity contribution in [3.05, 3.63) is 59.7 Å². The molecule has 3 rings (SSSR count). The molecular weight excluding hydrogens is 318 g/mol. The van der Waals surface area contributed by atoms with Crippen LogP contribution in [0.1, 0.15) is 18.1 Å². The molecule has 0 bridgehead atoms. The summed E-state index contributed by atoms with van der Waals surface area (Å²) >= 11 is 1.82. The van der Waals surface area contributed by atoms with Crippen molar-refractivity contribution in [2.45, 2.75) is 25.2 Å². The zero-order chi connectivity index (χ0) is 16.9. The SMILES string of the molecule is CCSc1ccc(Oc2ccc3cc(CC=O)ccc3n2)c(C)c1. The van der Waals surface area contributed by atoms with Crippen molar-refractivity contribution in [3.63, 3.8) is 0 Å². The zero-order valence-electron chi connectivity index (χ0n) is 13.8. The van der Waals surface area contributed by atoms with Crippen LogP contribution in [0.5, 0.6) is 11.6 Å². The Labute approximate surface area is 146 Å². The fourth-order valence-corrected chi connectivity index (χ4v) is 3.30. The van der Waals surface area contributed by atoms with Gasteiger partial charge in [-0.15, -0.1) is 11.8 Å². The molecule has 3 nitrogen and oxygen atoms in total. The molecule has 0 unspecified atom stereocenters. The number of fused-ring (bicyclic) bond motifs is 1. The van der Waals surface area contributed by atoms with Gasteiger partial charge in [0.25, 0.3) is 0 Å². The van der Waals surface area contributed by atoms with Gasteiger partial charge in [-0.25, -0.2) is 4.98 Å².